The number of aromatic nitrogens is 4. The maximum absolute atomic E-state index is 10.9. The topological polar surface area (TPSA) is 89.6 Å². The number of hydrogen-bond donors (Lipinski definition) is 2. The zero-order chi connectivity index (χ0) is 9.26. The van der Waals surface area contributed by atoms with Crippen molar-refractivity contribution in [2.75, 3.05) is 5.73 Å². The molecule has 0 aliphatic heterocycles. The van der Waals surface area contributed by atoms with Crippen LogP contribution in [0.4, 0.5) is 5.69 Å². The number of nitrogens with two attached hydrogens (primary N) is 1. The summed E-state index contributed by atoms with van der Waals surface area (Å²) in [6.07, 6.45) is 3.32. The van der Waals surface area contributed by atoms with Gasteiger partial charge in [0.15, 0.2) is 5.82 Å². The summed E-state index contributed by atoms with van der Waals surface area (Å²) in [5.41, 5.74) is 5.13. The molecule has 0 radical (unpaired) electrons. The van der Waals surface area contributed by atoms with Crippen LogP contribution in [0.25, 0.3) is 5.82 Å². The van der Waals surface area contributed by atoms with E-state index in [1.165, 1.54) is 10.7 Å². The SMILES string of the molecule is Nc1cc(-n2cccn2)n[nH]c1=O. The molecule has 2 heterocycles. The van der Waals surface area contributed by atoms with E-state index >= 15 is 0 Å². The summed E-state index contributed by atoms with van der Waals surface area (Å²) in [4.78, 5) is 10.9. The van der Waals surface area contributed by atoms with E-state index in [9.17, 15) is 4.79 Å². The molecule has 0 unspecified atom stereocenters. The van der Waals surface area contributed by atoms with Gasteiger partial charge in [-0.25, -0.2) is 9.78 Å². The molecule has 13 heavy (non-hydrogen) atoms. The molecule has 0 saturated carbocycles. The standard InChI is InChI=1S/C7H7N5O/c8-5-4-6(10-11-7(5)13)12-3-1-2-9-12/h1-4H,(H2,8,10)(H,11,13). The molecule has 0 fully saturated rings. The quantitative estimate of drug-likeness (QED) is 0.616. The Kier molecular flexibility index (Phi) is 1.59. The Morgan fingerprint density at radius 1 is 1.54 bits per heavy atom. The molecule has 0 spiro atoms. The van der Waals surface area contributed by atoms with Crippen molar-refractivity contribution in [1.82, 2.24) is 20.0 Å². The van der Waals surface area contributed by atoms with Gasteiger partial charge >= 0.3 is 0 Å². The van der Waals surface area contributed by atoms with Gasteiger partial charge in [-0.15, -0.1) is 0 Å². The predicted molar refractivity (Wildman–Crippen MR) is 46.4 cm³/mol. The highest BCUT2D eigenvalue weighted by Crippen LogP contribution is 2.01. The number of hydrogen-bond acceptors (Lipinski definition) is 4. The number of rotatable bonds is 1. The van der Waals surface area contributed by atoms with Crippen molar-refractivity contribution in [3.8, 4) is 5.82 Å². The third-order valence-electron chi connectivity index (χ3n) is 1.56. The maximum Gasteiger partial charge on any atom is 0.287 e. The van der Waals surface area contributed by atoms with Crippen molar-refractivity contribution < 1.29 is 0 Å². The van der Waals surface area contributed by atoms with Gasteiger partial charge in [-0.1, -0.05) is 0 Å². The van der Waals surface area contributed by atoms with Crippen molar-refractivity contribution in [1.29, 1.82) is 0 Å². The van der Waals surface area contributed by atoms with Gasteiger partial charge in [0, 0.05) is 18.5 Å². The summed E-state index contributed by atoms with van der Waals surface area (Å²) in [7, 11) is 0. The summed E-state index contributed by atoms with van der Waals surface area (Å²) in [5.74, 6) is 0.488. The van der Waals surface area contributed by atoms with Crippen LogP contribution >= 0.6 is 0 Å². The average molecular weight is 177 g/mol. The van der Waals surface area contributed by atoms with E-state index in [0.29, 0.717) is 5.82 Å². The number of nitrogen functional groups attached to an aromatic ring is 1. The smallest absolute Gasteiger partial charge is 0.287 e. The van der Waals surface area contributed by atoms with Gasteiger partial charge in [0.2, 0.25) is 0 Å². The fraction of sp³-hybridized carbons (Fsp3) is 0. The van der Waals surface area contributed by atoms with E-state index in [-0.39, 0.29) is 5.69 Å². The third-order valence-corrected chi connectivity index (χ3v) is 1.56. The Bertz CT molecular complexity index is 458. The molecule has 66 valence electrons. The molecule has 0 atom stereocenters. The molecule has 0 aromatic carbocycles. The van der Waals surface area contributed by atoms with Crippen molar-refractivity contribution >= 4 is 5.69 Å². The number of nitrogens with one attached hydrogen (secondary N) is 1. The number of anilines is 1. The lowest BCUT2D eigenvalue weighted by atomic mass is 10.4. The second kappa shape index (κ2) is 2.74. The monoisotopic (exact) mass is 177 g/mol. The van der Waals surface area contributed by atoms with Crippen LogP contribution in [0.1, 0.15) is 0 Å². The van der Waals surface area contributed by atoms with Gasteiger partial charge in [-0.3, -0.25) is 4.79 Å². The van der Waals surface area contributed by atoms with E-state index in [1.807, 2.05) is 0 Å². The fourth-order valence-electron chi connectivity index (χ4n) is 0.931. The van der Waals surface area contributed by atoms with Crippen LogP contribution in [-0.2, 0) is 0 Å². The third kappa shape index (κ3) is 1.28. The molecular weight excluding hydrogens is 170 g/mol. The van der Waals surface area contributed by atoms with Crippen LogP contribution < -0.4 is 11.3 Å². The summed E-state index contributed by atoms with van der Waals surface area (Å²) < 4.78 is 1.51. The van der Waals surface area contributed by atoms with Crippen molar-refractivity contribution in [3.05, 3.63) is 34.9 Å². The first-order chi connectivity index (χ1) is 6.27. The molecule has 2 aromatic heterocycles. The Morgan fingerprint density at radius 3 is 3.00 bits per heavy atom. The molecular formula is C7H7N5O. The van der Waals surface area contributed by atoms with Gasteiger partial charge < -0.3 is 5.73 Å². The van der Waals surface area contributed by atoms with E-state index in [2.05, 4.69) is 15.3 Å². The summed E-state index contributed by atoms with van der Waals surface area (Å²) in [6, 6.07) is 3.22. The molecule has 6 heteroatoms. The minimum atomic E-state index is -0.393. The maximum atomic E-state index is 10.9. The molecule has 3 N–H and O–H groups in total. The minimum absolute atomic E-state index is 0.125. The fourth-order valence-corrected chi connectivity index (χ4v) is 0.931. The summed E-state index contributed by atoms with van der Waals surface area (Å²) in [5, 5.41) is 9.96. The summed E-state index contributed by atoms with van der Waals surface area (Å²) in [6.45, 7) is 0. The largest absolute Gasteiger partial charge is 0.394 e. The molecule has 2 aromatic rings. The van der Waals surface area contributed by atoms with E-state index in [4.69, 9.17) is 5.73 Å². The van der Waals surface area contributed by atoms with Crippen LogP contribution in [0.5, 0.6) is 0 Å². The zero-order valence-electron chi connectivity index (χ0n) is 6.64. The highest BCUT2D eigenvalue weighted by atomic mass is 16.1. The molecule has 0 aliphatic carbocycles. The molecule has 2 rings (SSSR count). The van der Waals surface area contributed by atoms with Crippen molar-refractivity contribution in [2.45, 2.75) is 0 Å². The van der Waals surface area contributed by atoms with Gasteiger partial charge in [-0.2, -0.15) is 10.2 Å². The minimum Gasteiger partial charge on any atom is -0.394 e. The molecule has 0 amide bonds. The Morgan fingerprint density at radius 2 is 2.38 bits per heavy atom. The lowest BCUT2D eigenvalue weighted by Crippen LogP contribution is -2.15. The Labute approximate surface area is 73.0 Å². The first kappa shape index (κ1) is 7.53. The first-order valence-corrected chi connectivity index (χ1v) is 3.62. The molecule has 0 saturated heterocycles. The van der Waals surface area contributed by atoms with Crippen LogP contribution in [-0.4, -0.2) is 20.0 Å². The number of H-pyrrole nitrogens is 1. The highest BCUT2D eigenvalue weighted by molar-refractivity contribution is 5.39. The number of nitrogens with zero attached hydrogens (tertiary/aromatic N) is 3. The van der Waals surface area contributed by atoms with Gasteiger partial charge in [-0.05, 0) is 6.07 Å². The van der Waals surface area contributed by atoms with Crippen molar-refractivity contribution in [3.63, 3.8) is 0 Å². The normalized spacial score (nSPS) is 10.2. The van der Waals surface area contributed by atoms with Gasteiger partial charge in [0.1, 0.15) is 5.69 Å². The van der Waals surface area contributed by atoms with E-state index in [0.717, 1.165) is 0 Å². The van der Waals surface area contributed by atoms with E-state index < -0.39 is 5.56 Å². The van der Waals surface area contributed by atoms with Crippen LogP contribution in [0.15, 0.2) is 29.3 Å². The lowest BCUT2D eigenvalue weighted by molar-refractivity contribution is 0.808. The second-order valence-corrected chi connectivity index (χ2v) is 2.46. The van der Waals surface area contributed by atoms with Gasteiger partial charge in [0.25, 0.3) is 5.56 Å². The van der Waals surface area contributed by atoms with Crippen LogP contribution in [0, 0.1) is 0 Å². The molecule has 0 bridgehead atoms. The predicted octanol–water partition coefficient (Wildman–Crippen LogP) is -0.462. The van der Waals surface area contributed by atoms with Crippen LogP contribution in [0.3, 0.4) is 0 Å². The first-order valence-electron chi connectivity index (χ1n) is 3.62. The van der Waals surface area contributed by atoms with E-state index in [1.54, 1.807) is 18.5 Å². The Balaban J connectivity index is 2.55. The Hall–Kier alpha value is -2.11. The average Bonchev–Trinajstić information content (AvgIpc) is 2.62. The summed E-state index contributed by atoms with van der Waals surface area (Å²) >= 11 is 0. The number of aromatic amines is 1. The van der Waals surface area contributed by atoms with Crippen molar-refractivity contribution in [2.24, 2.45) is 0 Å². The zero-order valence-corrected chi connectivity index (χ0v) is 6.64. The second-order valence-electron chi connectivity index (χ2n) is 2.46. The highest BCUT2D eigenvalue weighted by Gasteiger charge is 2.00. The molecule has 0 aliphatic rings. The van der Waals surface area contributed by atoms with Crippen LogP contribution in [0.2, 0.25) is 0 Å². The van der Waals surface area contributed by atoms with Gasteiger partial charge in [0.05, 0.1) is 0 Å². The molecule has 6 nitrogen and oxygen atoms in total. The lowest BCUT2D eigenvalue weighted by Gasteiger charge is -1.98.